The number of alkyl halides is 3. The number of ketones is 1. The Bertz CT molecular complexity index is 1240. The lowest BCUT2D eigenvalue weighted by Crippen LogP contribution is -2.29. The van der Waals surface area contributed by atoms with Crippen LogP contribution in [0.4, 0.5) is 18.9 Å². The van der Waals surface area contributed by atoms with E-state index in [0.717, 1.165) is 17.0 Å². The molecule has 0 aliphatic carbocycles. The Morgan fingerprint density at radius 1 is 1.00 bits per heavy atom. The Kier molecular flexibility index (Phi) is 5.97. The van der Waals surface area contributed by atoms with Crippen molar-refractivity contribution in [1.29, 1.82) is 0 Å². The van der Waals surface area contributed by atoms with Crippen molar-refractivity contribution in [2.24, 2.45) is 0 Å². The maximum Gasteiger partial charge on any atom is 0.573 e. The second kappa shape index (κ2) is 8.89. The Labute approximate surface area is 191 Å². The van der Waals surface area contributed by atoms with E-state index >= 15 is 0 Å². The summed E-state index contributed by atoms with van der Waals surface area (Å²) in [6, 6.07) is 12.9. The van der Waals surface area contributed by atoms with Crippen molar-refractivity contribution in [2.45, 2.75) is 12.4 Å². The van der Waals surface area contributed by atoms with Crippen LogP contribution in [0.5, 0.6) is 11.5 Å². The van der Waals surface area contributed by atoms with Gasteiger partial charge < -0.3 is 14.6 Å². The first kappa shape index (κ1) is 22.8. The molecule has 1 unspecified atom stereocenters. The number of aliphatic hydroxyl groups excluding tert-OH is 1. The number of hydrogen-bond acceptors (Lipinski definition) is 6. The summed E-state index contributed by atoms with van der Waals surface area (Å²) >= 11 is 0. The van der Waals surface area contributed by atoms with Crippen LogP contribution in [0.1, 0.15) is 17.2 Å². The van der Waals surface area contributed by atoms with Crippen LogP contribution in [0.25, 0.3) is 5.76 Å². The highest BCUT2D eigenvalue weighted by atomic mass is 19.4. The monoisotopic (exact) mass is 470 g/mol. The van der Waals surface area contributed by atoms with Crippen LogP contribution in [0.2, 0.25) is 0 Å². The second-order valence-corrected chi connectivity index (χ2v) is 7.23. The van der Waals surface area contributed by atoms with Gasteiger partial charge >= 0.3 is 6.36 Å². The van der Waals surface area contributed by atoms with Crippen LogP contribution in [-0.4, -0.2) is 35.3 Å². The molecule has 1 aliphatic rings. The summed E-state index contributed by atoms with van der Waals surface area (Å²) in [6.45, 7) is 0. The van der Waals surface area contributed by atoms with Crippen LogP contribution >= 0.6 is 0 Å². The highest BCUT2D eigenvalue weighted by molar-refractivity contribution is 6.51. The number of rotatable bonds is 5. The molecule has 1 N–H and O–H groups in total. The predicted octanol–water partition coefficient (Wildman–Crippen LogP) is 4.62. The summed E-state index contributed by atoms with van der Waals surface area (Å²) in [5.41, 5.74) is 0.659. The van der Waals surface area contributed by atoms with Crippen molar-refractivity contribution in [3.05, 3.63) is 89.8 Å². The lowest BCUT2D eigenvalue weighted by atomic mass is 9.96. The molecule has 1 fully saturated rings. The zero-order chi connectivity index (χ0) is 24.5. The Balaban J connectivity index is 1.82. The van der Waals surface area contributed by atoms with Crippen molar-refractivity contribution >= 4 is 23.1 Å². The molecule has 1 aliphatic heterocycles. The molecule has 4 rings (SSSR count). The van der Waals surface area contributed by atoms with Gasteiger partial charge in [-0.15, -0.1) is 13.2 Å². The molecule has 1 saturated heterocycles. The summed E-state index contributed by atoms with van der Waals surface area (Å²) < 4.78 is 46.5. The first-order chi connectivity index (χ1) is 16.2. The fourth-order valence-corrected chi connectivity index (χ4v) is 3.66. The average molecular weight is 470 g/mol. The van der Waals surface area contributed by atoms with Crippen molar-refractivity contribution < 1.29 is 37.3 Å². The van der Waals surface area contributed by atoms with E-state index in [0.29, 0.717) is 11.3 Å². The summed E-state index contributed by atoms with van der Waals surface area (Å²) in [6.07, 6.45) is -1.94. The van der Waals surface area contributed by atoms with E-state index < -0.39 is 35.6 Å². The van der Waals surface area contributed by atoms with E-state index in [1.807, 2.05) is 0 Å². The minimum absolute atomic E-state index is 0.138. The highest BCUT2D eigenvalue weighted by Gasteiger charge is 2.47. The lowest BCUT2D eigenvalue weighted by Gasteiger charge is -2.25. The number of hydrogen-bond donors (Lipinski definition) is 1. The second-order valence-electron chi connectivity index (χ2n) is 7.23. The molecule has 1 aromatic heterocycles. The van der Waals surface area contributed by atoms with Gasteiger partial charge in [-0.25, -0.2) is 0 Å². The van der Waals surface area contributed by atoms with Crippen LogP contribution in [0.15, 0.2) is 78.6 Å². The first-order valence-corrected chi connectivity index (χ1v) is 9.91. The zero-order valence-corrected chi connectivity index (χ0v) is 17.6. The Morgan fingerprint density at radius 3 is 2.21 bits per heavy atom. The molecule has 0 saturated carbocycles. The van der Waals surface area contributed by atoms with Crippen molar-refractivity contribution in [3.8, 4) is 11.5 Å². The Morgan fingerprint density at radius 2 is 1.65 bits per heavy atom. The molecule has 174 valence electrons. The minimum Gasteiger partial charge on any atom is -0.507 e. The number of methoxy groups -OCH3 is 1. The number of anilines is 1. The van der Waals surface area contributed by atoms with E-state index in [1.54, 1.807) is 24.3 Å². The van der Waals surface area contributed by atoms with E-state index in [1.165, 1.54) is 43.8 Å². The quantitative estimate of drug-likeness (QED) is 0.333. The molecule has 0 radical (unpaired) electrons. The van der Waals surface area contributed by atoms with Gasteiger partial charge in [0.25, 0.3) is 11.7 Å². The third-order valence-electron chi connectivity index (χ3n) is 5.16. The molecule has 7 nitrogen and oxygen atoms in total. The molecule has 2 heterocycles. The molecule has 1 atom stereocenters. The average Bonchev–Trinajstić information content (AvgIpc) is 3.09. The van der Waals surface area contributed by atoms with Gasteiger partial charge in [0.05, 0.1) is 18.7 Å². The number of halogens is 3. The van der Waals surface area contributed by atoms with E-state index in [2.05, 4.69) is 9.72 Å². The van der Waals surface area contributed by atoms with Crippen molar-refractivity contribution in [1.82, 2.24) is 4.98 Å². The van der Waals surface area contributed by atoms with Crippen LogP contribution in [0, 0.1) is 0 Å². The number of carbonyl (C=O) groups excluding carboxylic acids is 2. The van der Waals surface area contributed by atoms with Gasteiger partial charge in [0, 0.05) is 23.6 Å². The predicted molar refractivity (Wildman–Crippen MR) is 115 cm³/mol. The molecule has 2 aromatic carbocycles. The van der Waals surface area contributed by atoms with E-state index in [-0.39, 0.29) is 16.8 Å². The van der Waals surface area contributed by atoms with Crippen LogP contribution in [-0.2, 0) is 9.59 Å². The van der Waals surface area contributed by atoms with E-state index in [4.69, 9.17) is 4.74 Å². The molecular formula is C24H17F3N2O5. The lowest BCUT2D eigenvalue weighted by molar-refractivity contribution is -0.274. The fraction of sp³-hybridized carbons (Fsp3) is 0.125. The summed E-state index contributed by atoms with van der Waals surface area (Å²) in [4.78, 5) is 31.2. The SMILES string of the molecule is COc1ccc(/C(O)=C2/C(=O)C(=O)N(c3ccc(OC(F)(F)F)cc3)C2c2cccnc2)cc1. The molecular weight excluding hydrogens is 453 g/mol. The molecule has 0 spiro atoms. The number of aliphatic hydroxyl groups is 1. The molecule has 3 aromatic rings. The summed E-state index contributed by atoms with van der Waals surface area (Å²) in [5, 5.41) is 11.0. The van der Waals surface area contributed by atoms with Crippen molar-refractivity contribution in [3.63, 3.8) is 0 Å². The number of amides is 1. The number of carbonyl (C=O) groups is 2. The highest BCUT2D eigenvalue weighted by Crippen LogP contribution is 2.42. The minimum atomic E-state index is -4.88. The van der Waals surface area contributed by atoms with Gasteiger partial charge in [-0.2, -0.15) is 0 Å². The number of benzene rings is 2. The third kappa shape index (κ3) is 4.42. The smallest absolute Gasteiger partial charge is 0.507 e. The largest absolute Gasteiger partial charge is 0.573 e. The van der Waals surface area contributed by atoms with Gasteiger partial charge in [-0.05, 0) is 60.2 Å². The summed E-state index contributed by atoms with van der Waals surface area (Å²) in [7, 11) is 1.48. The van der Waals surface area contributed by atoms with Crippen LogP contribution < -0.4 is 14.4 Å². The normalized spacial score (nSPS) is 17.6. The van der Waals surface area contributed by atoms with Gasteiger partial charge in [-0.3, -0.25) is 19.5 Å². The number of aromatic nitrogens is 1. The van der Waals surface area contributed by atoms with Gasteiger partial charge in [-0.1, -0.05) is 6.07 Å². The Hall–Kier alpha value is -4.34. The molecule has 0 bridgehead atoms. The molecule has 1 amide bonds. The zero-order valence-electron chi connectivity index (χ0n) is 17.6. The van der Waals surface area contributed by atoms with Gasteiger partial charge in [0.1, 0.15) is 17.3 Å². The van der Waals surface area contributed by atoms with Gasteiger partial charge in [0.15, 0.2) is 0 Å². The molecule has 10 heteroatoms. The maximum atomic E-state index is 13.0. The third-order valence-corrected chi connectivity index (χ3v) is 5.16. The standard InChI is InChI=1S/C24H17F3N2O5/c1-33-17-8-4-14(5-9-17)21(30)19-20(15-3-2-12-28-13-15)29(23(32)22(19)31)16-6-10-18(11-7-16)34-24(25,26)27/h2-13,20,30H,1H3/b21-19-. The fourth-order valence-electron chi connectivity index (χ4n) is 3.66. The first-order valence-electron chi connectivity index (χ1n) is 9.91. The van der Waals surface area contributed by atoms with Gasteiger partial charge in [0.2, 0.25) is 0 Å². The number of Topliss-reactive ketones (excluding diaryl/α,β-unsaturated/α-hetero) is 1. The number of pyridine rings is 1. The topological polar surface area (TPSA) is 89.0 Å². The molecule has 34 heavy (non-hydrogen) atoms. The van der Waals surface area contributed by atoms with E-state index in [9.17, 15) is 27.9 Å². The number of nitrogens with zero attached hydrogens (tertiary/aromatic N) is 2. The van der Waals surface area contributed by atoms with Crippen molar-refractivity contribution in [2.75, 3.05) is 12.0 Å². The van der Waals surface area contributed by atoms with Crippen LogP contribution in [0.3, 0.4) is 0 Å². The summed E-state index contributed by atoms with van der Waals surface area (Å²) in [5.74, 6) is -2.26. The number of ether oxygens (including phenoxy) is 2. The maximum absolute atomic E-state index is 13.0.